The highest BCUT2D eigenvalue weighted by molar-refractivity contribution is 5.96. The Morgan fingerprint density at radius 1 is 1.03 bits per heavy atom. The molecule has 2 fully saturated rings. The minimum absolute atomic E-state index is 0.0998. The quantitative estimate of drug-likeness (QED) is 0.590. The van der Waals surface area contributed by atoms with E-state index in [1.165, 1.54) is 17.7 Å². The number of carbonyl (C=O) groups is 1. The average Bonchev–Trinajstić information content (AvgIpc) is 3.47. The molecule has 0 bridgehead atoms. The van der Waals surface area contributed by atoms with Crippen molar-refractivity contribution in [3.8, 4) is 11.6 Å². The highest BCUT2D eigenvalue weighted by Gasteiger charge is 2.42. The summed E-state index contributed by atoms with van der Waals surface area (Å²) in [6.45, 7) is 6.96. The fourth-order valence-corrected chi connectivity index (χ4v) is 4.95. The zero-order valence-corrected chi connectivity index (χ0v) is 19.2. The molecule has 0 N–H and O–H groups in total. The first-order chi connectivity index (χ1) is 15.8. The van der Waals surface area contributed by atoms with Crippen LogP contribution < -0.4 is 15.2 Å². The van der Waals surface area contributed by atoms with Gasteiger partial charge >= 0.3 is 0 Å². The van der Waals surface area contributed by atoms with Crippen molar-refractivity contribution in [2.45, 2.75) is 13.8 Å². The van der Waals surface area contributed by atoms with Crippen molar-refractivity contribution < 1.29 is 9.53 Å². The largest absolute Gasteiger partial charge is 0.496 e. The Hall–Kier alpha value is -3.69. The number of aromatic nitrogens is 5. The number of carbonyl (C=O) groups excluding carboxylic acids is 1. The van der Waals surface area contributed by atoms with Crippen LogP contribution in [0.15, 0.2) is 35.5 Å². The van der Waals surface area contributed by atoms with Gasteiger partial charge in [0.2, 0.25) is 0 Å². The molecule has 2 aliphatic heterocycles. The number of methoxy groups -OCH3 is 1. The molecule has 10 heteroatoms. The molecule has 0 aliphatic carbocycles. The highest BCUT2D eigenvalue weighted by atomic mass is 16.5. The van der Waals surface area contributed by atoms with Gasteiger partial charge in [-0.25, -0.2) is 14.6 Å². The lowest BCUT2D eigenvalue weighted by Crippen LogP contribution is -2.34. The molecule has 10 nitrogen and oxygen atoms in total. The SMILES string of the molecule is COc1cc(=O)n(C)cc1C(=O)N1CC2CN(c3cc(-n4nc(C)cc4C)ncn3)CC2C1. The van der Waals surface area contributed by atoms with E-state index in [0.29, 0.717) is 36.2 Å². The summed E-state index contributed by atoms with van der Waals surface area (Å²) in [4.78, 5) is 38.1. The van der Waals surface area contributed by atoms with Crippen LogP contribution in [-0.4, -0.2) is 68.4 Å². The maximum atomic E-state index is 13.2. The van der Waals surface area contributed by atoms with E-state index in [2.05, 4.69) is 20.0 Å². The molecule has 2 saturated heterocycles. The van der Waals surface area contributed by atoms with Crippen LogP contribution in [0.25, 0.3) is 5.82 Å². The molecule has 33 heavy (non-hydrogen) atoms. The maximum absolute atomic E-state index is 13.2. The van der Waals surface area contributed by atoms with Gasteiger partial charge < -0.3 is 19.1 Å². The number of nitrogens with zero attached hydrogens (tertiary/aromatic N) is 7. The van der Waals surface area contributed by atoms with Gasteiger partial charge in [0.05, 0.1) is 18.4 Å². The molecule has 172 valence electrons. The fraction of sp³-hybridized carbons (Fsp3) is 0.435. The summed E-state index contributed by atoms with van der Waals surface area (Å²) >= 11 is 0. The first-order valence-corrected chi connectivity index (χ1v) is 11.0. The molecule has 2 unspecified atom stereocenters. The number of pyridine rings is 1. The summed E-state index contributed by atoms with van der Waals surface area (Å²) in [6, 6.07) is 5.35. The highest BCUT2D eigenvalue weighted by Crippen LogP contribution is 2.34. The number of fused-ring (bicyclic) bond motifs is 1. The molecule has 1 amide bonds. The van der Waals surface area contributed by atoms with Crippen molar-refractivity contribution in [3.63, 3.8) is 0 Å². The molecular weight excluding hydrogens is 422 g/mol. The van der Waals surface area contributed by atoms with Crippen LogP contribution in [0.4, 0.5) is 5.82 Å². The summed E-state index contributed by atoms with van der Waals surface area (Å²) in [6.07, 6.45) is 3.14. The number of amides is 1. The zero-order valence-electron chi connectivity index (χ0n) is 19.2. The molecule has 0 aromatic carbocycles. The van der Waals surface area contributed by atoms with Crippen LogP contribution in [-0.2, 0) is 7.05 Å². The number of aryl methyl sites for hydroxylation is 3. The predicted molar refractivity (Wildman–Crippen MR) is 122 cm³/mol. The first-order valence-electron chi connectivity index (χ1n) is 11.0. The molecule has 0 radical (unpaired) electrons. The fourth-order valence-electron chi connectivity index (χ4n) is 4.95. The Kier molecular flexibility index (Phi) is 5.15. The van der Waals surface area contributed by atoms with Crippen LogP contribution in [0.3, 0.4) is 0 Å². The lowest BCUT2D eigenvalue weighted by atomic mass is 10.0. The molecule has 3 aromatic heterocycles. The lowest BCUT2D eigenvalue weighted by molar-refractivity contribution is 0.0778. The van der Waals surface area contributed by atoms with Crippen molar-refractivity contribution in [1.29, 1.82) is 0 Å². The van der Waals surface area contributed by atoms with Gasteiger partial charge in [-0.1, -0.05) is 0 Å². The van der Waals surface area contributed by atoms with Crippen LogP contribution in [0, 0.1) is 25.7 Å². The zero-order chi connectivity index (χ0) is 23.3. The van der Waals surface area contributed by atoms with E-state index in [0.717, 1.165) is 36.1 Å². The first kappa shape index (κ1) is 21.2. The molecule has 0 spiro atoms. The van der Waals surface area contributed by atoms with Crippen LogP contribution in [0.1, 0.15) is 21.7 Å². The molecule has 2 atom stereocenters. The number of hydrogen-bond donors (Lipinski definition) is 0. The predicted octanol–water partition coefficient (Wildman–Crippen LogP) is 1.19. The summed E-state index contributed by atoms with van der Waals surface area (Å²) in [5.74, 6) is 2.57. The summed E-state index contributed by atoms with van der Waals surface area (Å²) in [7, 11) is 3.11. The average molecular weight is 450 g/mol. The van der Waals surface area contributed by atoms with E-state index in [4.69, 9.17) is 4.74 Å². The third-order valence-corrected chi connectivity index (χ3v) is 6.60. The number of likely N-dealkylation sites (tertiary alicyclic amines) is 1. The molecule has 3 aromatic rings. The van der Waals surface area contributed by atoms with Crippen molar-refractivity contribution in [2.75, 3.05) is 38.2 Å². The van der Waals surface area contributed by atoms with Gasteiger partial charge in [0.1, 0.15) is 17.9 Å². The van der Waals surface area contributed by atoms with Crippen LogP contribution in [0.2, 0.25) is 0 Å². The third-order valence-electron chi connectivity index (χ3n) is 6.60. The maximum Gasteiger partial charge on any atom is 0.259 e. The van der Waals surface area contributed by atoms with Crippen molar-refractivity contribution in [2.24, 2.45) is 18.9 Å². The van der Waals surface area contributed by atoms with E-state index in [1.807, 2.05) is 35.6 Å². The van der Waals surface area contributed by atoms with E-state index in [-0.39, 0.29) is 11.5 Å². The van der Waals surface area contributed by atoms with Gasteiger partial charge in [0, 0.05) is 69.1 Å². The molecule has 2 aliphatic rings. The molecule has 5 rings (SSSR count). The third kappa shape index (κ3) is 3.75. The number of ether oxygens (including phenoxy) is 1. The molecule has 5 heterocycles. The van der Waals surface area contributed by atoms with Crippen LogP contribution >= 0.6 is 0 Å². The number of hydrogen-bond acceptors (Lipinski definition) is 7. The summed E-state index contributed by atoms with van der Waals surface area (Å²) in [5, 5.41) is 4.52. The van der Waals surface area contributed by atoms with Gasteiger partial charge in [-0.2, -0.15) is 5.10 Å². The van der Waals surface area contributed by atoms with E-state index in [9.17, 15) is 9.59 Å². The Balaban J connectivity index is 1.30. The minimum Gasteiger partial charge on any atom is -0.496 e. The Labute approximate surface area is 191 Å². The summed E-state index contributed by atoms with van der Waals surface area (Å²) in [5.41, 5.74) is 2.19. The van der Waals surface area contributed by atoms with Crippen molar-refractivity contribution in [3.05, 3.63) is 58.0 Å². The van der Waals surface area contributed by atoms with Crippen LogP contribution in [0.5, 0.6) is 5.75 Å². The van der Waals surface area contributed by atoms with Gasteiger partial charge in [0.25, 0.3) is 11.5 Å². The second-order valence-corrected chi connectivity index (χ2v) is 8.91. The van der Waals surface area contributed by atoms with Gasteiger partial charge in [-0.15, -0.1) is 0 Å². The van der Waals surface area contributed by atoms with E-state index in [1.54, 1.807) is 19.6 Å². The Morgan fingerprint density at radius 2 is 1.73 bits per heavy atom. The lowest BCUT2D eigenvalue weighted by Gasteiger charge is -2.23. The second kappa shape index (κ2) is 8.02. The second-order valence-electron chi connectivity index (χ2n) is 8.91. The molecular formula is C23H27N7O3. The standard InChI is InChI=1S/C23H27N7O3/c1-14-5-15(2)30(26-14)21-7-20(24-13-25-21)28-8-16-10-29(11-17(16)9-28)23(32)18-12-27(3)22(31)6-19(18)33-4/h5-7,12-13,16-17H,8-11H2,1-4H3. The number of rotatable bonds is 4. The molecule has 0 saturated carbocycles. The van der Waals surface area contributed by atoms with Crippen molar-refractivity contribution in [1.82, 2.24) is 29.2 Å². The van der Waals surface area contributed by atoms with E-state index >= 15 is 0 Å². The van der Waals surface area contributed by atoms with Gasteiger partial charge in [-0.05, 0) is 19.9 Å². The summed E-state index contributed by atoms with van der Waals surface area (Å²) < 4.78 is 8.54. The Bertz CT molecular complexity index is 1270. The van der Waals surface area contributed by atoms with Gasteiger partial charge in [-0.3, -0.25) is 9.59 Å². The number of anilines is 1. The van der Waals surface area contributed by atoms with E-state index < -0.39 is 0 Å². The smallest absolute Gasteiger partial charge is 0.259 e. The monoisotopic (exact) mass is 449 g/mol. The van der Waals surface area contributed by atoms with Gasteiger partial charge in [0.15, 0.2) is 5.82 Å². The van der Waals surface area contributed by atoms with Crippen molar-refractivity contribution >= 4 is 11.7 Å². The Morgan fingerprint density at radius 3 is 2.36 bits per heavy atom. The minimum atomic E-state index is -0.206. The normalized spacial score (nSPS) is 19.8. The topological polar surface area (TPSA) is 98.4 Å².